The summed E-state index contributed by atoms with van der Waals surface area (Å²) in [5.41, 5.74) is 1.26. The van der Waals surface area contributed by atoms with Gasteiger partial charge in [0.25, 0.3) is 0 Å². The van der Waals surface area contributed by atoms with Gasteiger partial charge in [-0.15, -0.1) is 0 Å². The van der Waals surface area contributed by atoms with Crippen LogP contribution in [0.3, 0.4) is 0 Å². The first-order valence-corrected chi connectivity index (χ1v) is 12.7. The molecule has 2 aliphatic heterocycles. The van der Waals surface area contributed by atoms with Gasteiger partial charge in [-0.3, -0.25) is 4.79 Å². The van der Waals surface area contributed by atoms with E-state index in [1.165, 1.54) is 12.1 Å². The average Bonchev–Trinajstić information content (AvgIpc) is 2.90. The number of hydrogen-bond donors (Lipinski definition) is 0. The highest BCUT2D eigenvalue weighted by Gasteiger charge is 2.26. The van der Waals surface area contributed by atoms with Gasteiger partial charge < -0.3 is 19.4 Å². The first-order valence-electron chi connectivity index (χ1n) is 12.7. The predicted molar refractivity (Wildman–Crippen MR) is 140 cm³/mol. The molecule has 0 unspecified atom stereocenters. The van der Waals surface area contributed by atoms with E-state index in [0.717, 1.165) is 19.3 Å². The maximum absolute atomic E-state index is 14.9. The number of anilines is 2. The smallest absolute Gasteiger partial charge is 0.178 e. The zero-order valence-electron chi connectivity index (χ0n) is 21.7. The van der Waals surface area contributed by atoms with Gasteiger partial charge in [0, 0.05) is 43.3 Å². The topological polar surface area (TPSA) is 61.8 Å². The number of aromatic nitrogens is 2. The minimum atomic E-state index is -0.740. The van der Waals surface area contributed by atoms with Crippen LogP contribution in [-0.4, -0.2) is 73.1 Å². The zero-order valence-corrected chi connectivity index (χ0v) is 21.7. The van der Waals surface area contributed by atoms with Crippen molar-refractivity contribution < 1.29 is 22.7 Å². The molecule has 2 aliphatic rings. The van der Waals surface area contributed by atoms with Gasteiger partial charge in [-0.05, 0) is 51.2 Å². The molecule has 2 aromatic carbocycles. The maximum atomic E-state index is 14.9. The lowest BCUT2D eigenvalue weighted by molar-refractivity contribution is 0.0990. The molecule has 0 amide bonds. The Morgan fingerprint density at radius 1 is 0.974 bits per heavy atom. The van der Waals surface area contributed by atoms with E-state index in [0.29, 0.717) is 37.6 Å². The molecule has 5 rings (SSSR count). The van der Waals surface area contributed by atoms with Crippen LogP contribution >= 0.6 is 0 Å². The van der Waals surface area contributed by atoms with Crippen molar-refractivity contribution in [2.45, 2.75) is 26.3 Å². The molecule has 38 heavy (non-hydrogen) atoms. The Bertz CT molecular complexity index is 1360. The van der Waals surface area contributed by atoms with Crippen LogP contribution in [0.2, 0.25) is 0 Å². The van der Waals surface area contributed by atoms with E-state index in [1.807, 2.05) is 30.7 Å². The van der Waals surface area contributed by atoms with Crippen LogP contribution in [0.5, 0.6) is 5.75 Å². The van der Waals surface area contributed by atoms with Crippen LogP contribution in [0, 0.1) is 17.5 Å². The number of piperazine rings is 1. The Morgan fingerprint density at radius 3 is 2.45 bits per heavy atom. The fraction of sp³-hybridized carbons (Fsp3) is 0.393. The summed E-state index contributed by atoms with van der Waals surface area (Å²) >= 11 is 0. The summed E-state index contributed by atoms with van der Waals surface area (Å²) in [6.45, 7) is 7.97. The lowest BCUT2D eigenvalue weighted by Gasteiger charge is -2.34. The molecule has 7 nitrogen and oxygen atoms in total. The van der Waals surface area contributed by atoms with Gasteiger partial charge in [-0.1, -0.05) is 0 Å². The Balaban J connectivity index is 1.38. The lowest BCUT2D eigenvalue weighted by Crippen LogP contribution is -2.44. The molecule has 3 aromatic rings. The average molecular weight is 526 g/mol. The predicted octanol–water partition coefficient (Wildman–Crippen LogP) is 4.35. The number of benzene rings is 2. The number of fused-ring (bicyclic) bond motifs is 1. The highest BCUT2D eigenvalue weighted by atomic mass is 19.1. The molecular formula is C28H30F3N5O2. The number of hydrogen-bond acceptors (Lipinski definition) is 7. The molecule has 10 heteroatoms. The molecular weight excluding hydrogens is 495 g/mol. The highest BCUT2D eigenvalue weighted by molar-refractivity contribution is 5.97. The quantitative estimate of drug-likeness (QED) is 0.444. The van der Waals surface area contributed by atoms with Crippen molar-refractivity contribution in [1.29, 1.82) is 0 Å². The minimum absolute atomic E-state index is 0.0602. The molecule has 0 spiro atoms. The summed E-state index contributed by atoms with van der Waals surface area (Å²) in [5.74, 6) is -2.04. The van der Waals surface area contributed by atoms with E-state index in [-0.39, 0.29) is 40.9 Å². The second-order valence-electron chi connectivity index (χ2n) is 9.98. The van der Waals surface area contributed by atoms with E-state index >= 15 is 0 Å². The molecule has 0 atom stereocenters. The number of Topliss-reactive ketones (excluding diaryl/α,β-unsaturated/α-hetero) is 1. The van der Waals surface area contributed by atoms with Crippen molar-refractivity contribution in [1.82, 2.24) is 14.9 Å². The van der Waals surface area contributed by atoms with E-state index in [1.54, 1.807) is 18.2 Å². The summed E-state index contributed by atoms with van der Waals surface area (Å²) < 4.78 is 50.1. The van der Waals surface area contributed by atoms with Crippen molar-refractivity contribution in [3.05, 3.63) is 65.4 Å². The summed E-state index contributed by atoms with van der Waals surface area (Å²) in [6.07, 6.45) is 0.714. The standard InChI is InChI=1S/C28H30F3N5O2/c1-17(2)36-10-11-38-28-21(30)13-19(14-24(28)36)27-22(31)16-32-26(33-27)15-25(37)18-4-5-23(20(29)12-18)35-8-6-34(3)7-9-35/h4-5,12-14,16-17H,6-11,15H2,1-3H3. The molecule has 0 aliphatic carbocycles. The van der Waals surface area contributed by atoms with Crippen molar-refractivity contribution in [3.8, 4) is 17.0 Å². The Morgan fingerprint density at radius 2 is 1.74 bits per heavy atom. The number of carbonyl (C=O) groups excluding carboxylic acids is 1. The van der Waals surface area contributed by atoms with E-state index in [2.05, 4.69) is 14.9 Å². The third kappa shape index (κ3) is 5.18. The summed E-state index contributed by atoms with van der Waals surface area (Å²) in [7, 11) is 2.02. The van der Waals surface area contributed by atoms with Crippen molar-refractivity contribution in [2.75, 3.05) is 56.2 Å². The third-order valence-electron chi connectivity index (χ3n) is 7.04. The molecule has 0 radical (unpaired) electrons. The van der Waals surface area contributed by atoms with Gasteiger partial charge >= 0.3 is 0 Å². The van der Waals surface area contributed by atoms with Crippen molar-refractivity contribution in [3.63, 3.8) is 0 Å². The molecule has 0 saturated carbocycles. The Kier molecular flexibility index (Phi) is 7.25. The first kappa shape index (κ1) is 26.0. The van der Waals surface area contributed by atoms with Gasteiger partial charge in [-0.2, -0.15) is 0 Å². The number of ether oxygens (including phenoxy) is 1. The van der Waals surface area contributed by atoms with Crippen LogP contribution in [0.4, 0.5) is 24.5 Å². The van der Waals surface area contributed by atoms with Crippen molar-refractivity contribution in [2.24, 2.45) is 0 Å². The fourth-order valence-corrected chi connectivity index (χ4v) is 4.90. The minimum Gasteiger partial charge on any atom is -0.486 e. The lowest BCUT2D eigenvalue weighted by atomic mass is 10.1. The second-order valence-corrected chi connectivity index (χ2v) is 9.98. The molecule has 1 fully saturated rings. The molecule has 0 bridgehead atoms. The number of carbonyl (C=O) groups is 1. The van der Waals surface area contributed by atoms with E-state index in [4.69, 9.17) is 4.74 Å². The summed E-state index contributed by atoms with van der Waals surface area (Å²) in [5, 5.41) is 0. The number of rotatable bonds is 6. The van der Waals surface area contributed by atoms with Gasteiger partial charge in [0.15, 0.2) is 23.2 Å². The van der Waals surface area contributed by atoms with Gasteiger partial charge in [0.1, 0.15) is 23.9 Å². The van der Waals surface area contributed by atoms with Gasteiger partial charge in [0.05, 0.1) is 30.5 Å². The van der Waals surface area contributed by atoms with E-state index < -0.39 is 23.2 Å². The van der Waals surface area contributed by atoms with Gasteiger partial charge in [-0.25, -0.2) is 23.1 Å². The fourth-order valence-electron chi connectivity index (χ4n) is 4.90. The number of ketones is 1. The monoisotopic (exact) mass is 525 g/mol. The first-order chi connectivity index (χ1) is 18.2. The van der Waals surface area contributed by atoms with Crippen LogP contribution < -0.4 is 14.5 Å². The van der Waals surface area contributed by atoms with Crippen LogP contribution in [-0.2, 0) is 6.42 Å². The normalized spacial score (nSPS) is 16.0. The molecule has 3 heterocycles. The number of nitrogens with zero attached hydrogens (tertiary/aromatic N) is 5. The second kappa shape index (κ2) is 10.6. The van der Waals surface area contributed by atoms with Crippen LogP contribution in [0.1, 0.15) is 30.0 Å². The Hall–Kier alpha value is -3.66. The SMILES string of the molecule is CC(C)N1CCOc2c(F)cc(-c3nc(CC(=O)c4ccc(N5CCN(C)CC5)c(F)c4)ncc3F)cc21. The Labute approximate surface area is 219 Å². The molecule has 0 N–H and O–H groups in total. The summed E-state index contributed by atoms with van der Waals surface area (Å²) in [4.78, 5) is 27.3. The maximum Gasteiger partial charge on any atom is 0.178 e. The summed E-state index contributed by atoms with van der Waals surface area (Å²) in [6, 6.07) is 7.32. The third-order valence-corrected chi connectivity index (χ3v) is 7.04. The van der Waals surface area contributed by atoms with Gasteiger partial charge in [0.2, 0.25) is 0 Å². The van der Waals surface area contributed by atoms with Crippen LogP contribution in [0.25, 0.3) is 11.3 Å². The molecule has 1 aromatic heterocycles. The number of likely N-dealkylation sites (N-methyl/N-ethyl adjacent to an activating group) is 1. The largest absolute Gasteiger partial charge is 0.486 e. The zero-order chi connectivity index (χ0) is 27.0. The molecule has 1 saturated heterocycles. The highest BCUT2D eigenvalue weighted by Crippen LogP contribution is 2.39. The molecule has 200 valence electrons. The van der Waals surface area contributed by atoms with Crippen LogP contribution in [0.15, 0.2) is 36.5 Å². The number of halogens is 3. The van der Waals surface area contributed by atoms with Crippen molar-refractivity contribution >= 4 is 17.2 Å². The van der Waals surface area contributed by atoms with E-state index in [9.17, 15) is 18.0 Å².